The van der Waals surface area contributed by atoms with Crippen LogP contribution in [-0.4, -0.2) is 32.9 Å². The molecule has 0 unspecified atom stereocenters. The molecule has 128 valence electrons. The van der Waals surface area contributed by atoms with Gasteiger partial charge in [0, 0.05) is 6.07 Å². The molecule has 0 saturated heterocycles. The predicted molar refractivity (Wildman–Crippen MR) is 88.0 cm³/mol. The molecule has 0 atom stereocenters. The van der Waals surface area contributed by atoms with Gasteiger partial charge < -0.3 is 9.47 Å². The van der Waals surface area contributed by atoms with Crippen LogP contribution in [0, 0.1) is 0 Å². The average Bonchev–Trinajstić information content (AvgIpc) is 2.54. The molecule has 1 saturated carbocycles. The summed E-state index contributed by atoms with van der Waals surface area (Å²) in [5.74, 6) is -0.0393. The summed E-state index contributed by atoms with van der Waals surface area (Å²) in [5.41, 5.74) is 0.442. The van der Waals surface area contributed by atoms with Crippen LogP contribution in [0.25, 0.3) is 0 Å². The summed E-state index contributed by atoms with van der Waals surface area (Å²) in [6.45, 7) is 1.81. The summed E-state index contributed by atoms with van der Waals surface area (Å²) < 4.78 is 37.5. The van der Waals surface area contributed by atoms with E-state index in [4.69, 9.17) is 9.47 Å². The molecule has 0 spiro atoms. The van der Waals surface area contributed by atoms with Gasteiger partial charge in [-0.25, -0.2) is 13.2 Å². The molecular weight excluding hydrogens is 318 g/mol. The minimum absolute atomic E-state index is 0.202. The van der Waals surface area contributed by atoms with Crippen molar-refractivity contribution in [3.05, 3.63) is 24.3 Å². The van der Waals surface area contributed by atoms with Crippen molar-refractivity contribution in [2.45, 2.75) is 44.3 Å². The van der Waals surface area contributed by atoms with Crippen molar-refractivity contribution in [1.29, 1.82) is 0 Å². The molecule has 0 heterocycles. The highest BCUT2D eigenvalue weighted by Crippen LogP contribution is 2.26. The lowest BCUT2D eigenvalue weighted by molar-refractivity contribution is -0.145. The first-order valence-electron chi connectivity index (χ1n) is 7.91. The predicted octanol–water partition coefficient (Wildman–Crippen LogP) is 2.70. The van der Waals surface area contributed by atoms with Gasteiger partial charge in [-0.3, -0.25) is 4.72 Å². The molecule has 1 aromatic rings. The van der Waals surface area contributed by atoms with Crippen molar-refractivity contribution in [2.75, 3.05) is 17.9 Å². The molecule has 1 aliphatic rings. The van der Waals surface area contributed by atoms with Gasteiger partial charge in [-0.15, -0.1) is 0 Å². The first-order valence-corrected chi connectivity index (χ1v) is 9.46. The van der Waals surface area contributed by atoms with Crippen molar-refractivity contribution >= 4 is 21.7 Å². The lowest BCUT2D eigenvalue weighted by atomic mass is 10.0. The van der Waals surface area contributed by atoms with E-state index in [9.17, 15) is 13.2 Å². The summed E-state index contributed by atoms with van der Waals surface area (Å²) in [7, 11) is -3.39. The quantitative estimate of drug-likeness (QED) is 0.771. The van der Waals surface area contributed by atoms with Crippen LogP contribution in [0.15, 0.2) is 24.3 Å². The fourth-order valence-electron chi connectivity index (χ4n) is 2.62. The number of benzene rings is 1. The second kappa shape index (κ2) is 8.19. The number of hydrogen-bond acceptors (Lipinski definition) is 5. The Bertz CT molecular complexity index is 623. The standard InChI is InChI=1S/C16H23NO5S/c1-2-21-16(18)12-22-14-8-6-7-13(11-14)17-23(19,20)15-9-4-3-5-10-15/h6-8,11,15,17H,2-5,9-10,12H2,1H3. The monoisotopic (exact) mass is 341 g/mol. The molecule has 7 heteroatoms. The third-order valence-corrected chi connectivity index (χ3v) is 5.62. The highest BCUT2D eigenvalue weighted by Gasteiger charge is 2.27. The van der Waals surface area contributed by atoms with E-state index in [1.807, 2.05) is 0 Å². The number of carbonyl (C=O) groups excluding carboxylic acids is 1. The van der Waals surface area contributed by atoms with Crippen molar-refractivity contribution in [3.8, 4) is 5.75 Å². The van der Waals surface area contributed by atoms with Crippen LogP contribution in [-0.2, 0) is 19.6 Å². The molecule has 0 radical (unpaired) electrons. The van der Waals surface area contributed by atoms with Gasteiger partial charge in [0.2, 0.25) is 10.0 Å². The molecule has 0 aliphatic heterocycles. The Morgan fingerprint density at radius 3 is 2.70 bits per heavy atom. The van der Waals surface area contributed by atoms with E-state index in [1.165, 1.54) is 0 Å². The number of hydrogen-bond donors (Lipinski definition) is 1. The van der Waals surface area contributed by atoms with E-state index < -0.39 is 16.0 Å². The van der Waals surface area contributed by atoms with Crippen LogP contribution in [0.2, 0.25) is 0 Å². The molecule has 2 rings (SSSR count). The molecule has 0 aromatic heterocycles. The number of anilines is 1. The maximum absolute atomic E-state index is 12.4. The zero-order valence-electron chi connectivity index (χ0n) is 13.3. The molecule has 0 bridgehead atoms. The van der Waals surface area contributed by atoms with Gasteiger partial charge in [-0.05, 0) is 31.9 Å². The van der Waals surface area contributed by atoms with E-state index in [1.54, 1.807) is 31.2 Å². The fraction of sp³-hybridized carbons (Fsp3) is 0.562. The van der Waals surface area contributed by atoms with Crippen molar-refractivity contribution in [2.24, 2.45) is 0 Å². The highest BCUT2D eigenvalue weighted by molar-refractivity contribution is 7.93. The Labute approximate surface area is 137 Å². The van der Waals surface area contributed by atoms with E-state index in [0.29, 0.717) is 30.9 Å². The molecule has 1 N–H and O–H groups in total. The molecule has 1 aliphatic carbocycles. The van der Waals surface area contributed by atoms with Crippen molar-refractivity contribution in [3.63, 3.8) is 0 Å². The minimum atomic E-state index is -3.39. The third-order valence-electron chi connectivity index (χ3n) is 3.75. The van der Waals surface area contributed by atoms with Crippen molar-refractivity contribution in [1.82, 2.24) is 0 Å². The fourth-order valence-corrected chi connectivity index (χ4v) is 4.19. The van der Waals surface area contributed by atoms with E-state index in [-0.39, 0.29) is 11.9 Å². The van der Waals surface area contributed by atoms with E-state index in [0.717, 1.165) is 19.3 Å². The number of rotatable bonds is 7. The highest BCUT2D eigenvalue weighted by atomic mass is 32.2. The van der Waals surface area contributed by atoms with E-state index >= 15 is 0 Å². The smallest absolute Gasteiger partial charge is 0.344 e. The topological polar surface area (TPSA) is 81.7 Å². The maximum atomic E-state index is 12.4. The molecule has 6 nitrogen and oxygen atoms in total. The van der Waals surface area contributed by atoms with Crippen LogP contribution < -0.4 is 9.46 Å². The summed E-state index contributed by atoms with van der Waals surface area (Å²) >= 11 is 0. The lowest BCUT2D eigenvalue weighted by Gasteiger charge is -2.22. The van der Waals surface area contributed by atoms with Gasteiger partial charge in [-0.1, -0.05) is 25.3 Å². The van der Waals surface area contributed by atoms with Gasteiger partial charge in [0.05, 0.1) is 17.5 Å². The second-order valence-corrected chi connectivity index (χ2v) is 7.49. The number of ether oxygens (including phenoxy) is 2. The Kier molecular flexibility index (Phi) is 6.27. The minimum Gasteiger partial charge on any atom is -0.482 e. The molecular formula is C16H23NO5S. The van der Waals surface area contributed by atoms with Crippen LogP contribution in [0.5, 0.6) is 5.75 Å². The summed E-state index contributed by atoms with van der Waals surface area (Å²) in [5, 5.41) is -0.333. The summed E-state index contributed by atoms with van der Waals surface area (Å²) in [6, 6.07) is 6.58. The Balaban J connectivity index is 1.97. The molecule has 1 aromatic carbocycles. The zero-order valence-corrected chi connectivity index (χ0v) is 14.1. The molecule has 23 heavy (non-hydrogen) atoms. The Morgan fingerprint density at radius 1 is 1.26 bits per heavy atom. The molecule has 1 fully saturated rings. The molecule has 0 amide bonds. The largest absolute Gasteiger partial charge is 0.482 e. The lowest BCUT2D eigenvalue weighted by Crippen LogP contribution is -2.29. The van der Waals surface area contributed by atoms with Crippen molar-refractivity contribution < 1.29 is 22.7 Å². The number of carbonyl (C=O) groups is 1. The van der Waals surface area contributed by atoms with Crippen LogP contribution >= 0.6 is 0 Å². The van der Waals surface area contributed by atoms with Crippen LogP contribution in [0.1, 0.15) is 39.0 Å². The average molecular weight is 341 g/mol. The van der Waals surface area contributed by atoms with Crippen LogP contribution in [0.3, 0.4) is 0 Å². The summed E-state index contributed by atoms with van der Waals surface area (Å²) in [6.07, 6.45) is 4.41. The van der Waals surface area contributed by atoms with Gasteiger partial charge >= 0.3 is 5.97 Å². The van der Waals surface area contributed by atoms with E-state index in [2.05, 4.69) is 4.72 Å². The Hall–Kier alpha value is -1.76. The van der Waals surface area contributed by atoms with Gasteiger partial charge in [0.15, 0.2) is 6.61 Å². The third kappa shape index (κ3) is 5.42. The zero-order chi connectivity index (χ0) is 16.7. The normalized spacial score (nSPS) is 15.9. The van der Waals surface area contributed by atoms with Gasteiger partial charge in [0.1, 0.15) is 5.75 Å². The van der Waals surface area contributed by atoms with Crippen LogP contribution in [0.4, 0.5) is 5.69 Å². The first kappa shape index (κ1) is 17.6. The second-order valence-electron chi connectivity index (χ2n) is 5.53. The SMILES string of the molecule is CCOC(=O)COc1cccc(NS(=O)(=O)C2CCCCC2)c1. The maximum Gasteiger partial charge on any atom is 0.344 e. The first-order chi connectivity index (χ1) is 11.0. The van der Waals surface area contributed by atoms with Gasteiger partial charge in [-0.2, -0.15) is 0 Å². The number of esters is 1. The Morgan fingerprint density at radius 2 is 2.00 bits per heavy atom. The summed E-state index contributed by atoms with van der Waals surface area (Å²) in [4.78, 5) is 11.3. The number of sulfonamides is 1. The van der Waals surface area contributed by atoms with Gasteiger partial charge in [0.25, 0.3) is 0 Å². The number of nitrogens with one attached hydrogen (secondary N) is 1.